The number of amides is 1. The van der Waals surface area contributed by atoms with Crippen LogP contribution in [0.4, 0.5) is 0 Å². The topological polar surface area (TPSA) is 59.9 Å². The summed E-state index contributed by atoms with van der Waals surface area (Å²) in [6.45, 7) is 2.85. The van der Waals surface area contributed by atoms with E-state index in [2.05, 4.69) is 17.5 Å². The number of hydrogen-bond donors (Lipinski definition) is 1. The van der Waals surface area contributed by atoms with Crippen molar-refractivity contribution in [1.82, 2.24) is 5.43 Å². The van der Waals surface area contributed by atoms with Gasteiger partial charge in [0.1, 0.15) is 11.5 Å². The van der Waals surface area contributed by atoms with Gasteiger partial charge >= 0.3 is 0 Å². The molecule has 0 fully saturated rings. The number of unbranched alkanes of at least 4 members (excludes halogenated alkanes) is 3. The first-order chi connectivity index (χ1) is 13.7. The smallest absolute Gasteiger partial charge is 0.250 e. The molecule has 5 nitrogen and oxygen atoms in total. The molecule has 2 rings (SSSR count). The Morgan fingerprint density at radius 1 is 1.14 bits per heavy atom. The zero-order valence-electron chi connectivity index (χ0n) is 16.5. The van der Waals surface area contributed by atoms with Crippen LogP contribution in [0, 0.1) is 0 Å². The molecule has 0 spiro atoms. The van der Waals surface area contributed by atoms with Crippen molar-refractivity contribution in [1.29, 1.82) is 0 Å². The van der Waals surface area contributed by atoms with Gasteiger partial charge in [-0.3, -0.25) is 4.79 Å². The first-order valence-corrected chi connectivity index (χ1v) is 10.5. The van der Waals surface area contributed by atoms with E-state index in [9.17, 15) is 4.79 Å². The van der Waals surface area contributed by atoms with Crippen molar-refractivity contribution in [3.05, 3.63) is 54.1 Å². The summed E-state index contributed by atoms with van der Waals surface area (Å²) in [5.41, 5.74) is 3.33. The molecular weight excluding hydrogens is 372 g/mol. The van der Waals surface area contributed by atoms with Gasteiger partial charge in [0, 0.05) is 10.5 Å². The molecule has 150 valence electrons. The lowest BCUT2D eigenvalue weighted by molar-refractivity contribution is -0.118. The number of nitrogens with one attached hydrogen (secondary N) is 1. The number of benzene rings is 2. The predicted octanol–water partition coefficient (Wildman–Crippen LogP) is 4.90. The van der Waals surface area contributed by atoms with Crippen LogP contribution in [0.1, 0.15) is 38.2 Å². The lowest BCUT2D eigenvalue weighted by atomic mass is 10.2. The molecule has 2 aromatic carbocycles. The Hall–Kier alpha value is -2.47. The minimum absolute atomic E-state index is 0.157. The fraction of sp³-hybridized carbons (Fsp3) is 0.364. The monoisotopic (exact) mass is 400 g/mol. The van der Waals surface area contributed by atoms with Crippen LogP contribution in [-0.4, -0.2) is 31.6 Å². The van der Waals surface area contributed by atoms with Crippen LogP contribution >= 0.6 is 11.8 Å². The SMILES string of the molecule is CCCCCCOc1ccc(OC)cc1C=NNC(=O)CSc1ccccc1. The molecule has 0 radical (unpaired) electrons. The van der Waals surface area contributed by atoms with Crippen molar-refractivity contribution < 1.29 is 14.3 Å². The van der Waals surface area contributed by atoms with Crippen molar-refractivity contribution >= 4 is 23.9 Å². The highest BCUT2D eigenvalue weighted by Gasteiger charge is 2.05. The van der Waals surface area contributed by atoms with E-state index >= 15 is 0 Å². The molecule has 0 saturated heterocycles. The number of hydrazone groups is 1. The average Bonchev–Trinajstić information content (AvgIpc) is 2.73. The second kappa shape index (κ2) is 12.8. The summed E-state index contributed by atoms with van der Waals surface area (Å²) in [5, 5.41) is 4.07. The standard InChI is InChI=1S/C22H28N2O3S/c1-3-4-5-9-14-27-21-13-12-19(26-2)15-18(21)16-23-24-22(25)17-28-20-10-7-6-8-11-20/h6-8,10-13,15-16H,3-5,9,14,17H2,1-2H3,(H,24,25). The number of ether oxygens (including phenoxy) is 2. The number of methoxy groups -OCH3 is 1. The van der Waals surface area contributed by atoms with E-state index in [1.54, 1.807) is 13.3 Å². The van der Waals surface area contributed by atoms with E-state index in [-0.39, 0.29) is 5.91 Å². The lowest BCUT2D eigenvalue weighted by Crippen LogP contribution is -2.19. The number of hydrogen-bond acceptors (Lipinski definition) is 5. The molecule has 1 amide bonds. The van der Waals surface area contributed by atoms with Crippen LogP contribution in [0.2, 0.25) is 0 Å². The van der Waals surface area contributed by atoms with Crippen LogP contribution in [0.5, 0.6) is 11.5 Å². The minimum Gasteiger partial charge on any atom is -0.497 e. The van der Waals surface area contributed by atoms with Gasteiger partial charge in [0.05, 0.1) is 25.7 Å². The maximum atomic E-state index is 12.0. The van der Waals surface area contributed by atoms with Gasteiger partial charge in [-0.2, -0.15) is 5.10 Å². The number of nitrogens with zero attached hydrogens (tertiary/aromatic N) is 1. The molecule has 0 aromatic heterocycles. The molecule has 0 atom stereocenters. The van der Waals surface area contributed by atoms with Gasteiger partial charge in [-0.1, -0.05) is 44.4 Å². The molecule has 0 heterocycles. The Morgan fingerprint density at radius 2 is 1.96 bits per heavy atom. The first kappa shape index (κ1) is 21.8. The Kier molecular flexibility index (Phi) is 10.0. The van der Waals surface area contributed by atoms with Crippen LogP contribution in [0.25, 0.3) is 0 Å². The highest BCUT2D eigenvalue weighted by Crippen LogP contribution is 2.23. The van der Waals surface area contributed by atoms with Crippen molar-refractivity contribution in [3.63, 3.8) is 0 Å². The molecule has 0 aliphatic carbocycles. The Balaban J connectivity index is 1.88. The fourth-order valence-corrected chi connectivity index (χ4v) is 3.18. The average molecular weight is 401 g/mol. The third-order valence-corrected chi connectivity index (χ3v) is 4.99. The number of rotatable bonds is 12. The van der Waals surface area contributed by atoms with Crippen molar-refractivity contribution in [2.24, 2.45) is 5.10 Å². The van der Waals surface area contributed by atoms with E-state index < -0.39 is 0 Å². The van der Waals surface area contributed by atoms with Gasteiger partial charge in [0.25, 0.3) is 0 Å². The van der Waals surface area contributed by atoms with Gasteiger partial charge in [-0.25, -0.2) is 5.43 Å². The second-order valence-corrected chi connectivity index (χ2v) is 7.26. The quantitative estimate of drug-likeness (QED) is 0.238. The van der Waals surface area contributed by atoms with Gasteiger partial charge in [-0.05, 0) is 36.8 Å². The molecule has 0 saturated carbocycles. The fourth-order valence-electron chi connectivity index (χ4n) is 2.47. The maximum Gasteiger partial charge on any atom is 0.250 e. The summed E-state index contributed by atoms with van der Waals surface area (Å²) in [5.74, 6) is 1.59. The van der Waals surface area contributed by atoms with Gasteiger partial charge < -0.3 is 9.47 Å². The van der Waals surface area contributed by atoms with Crippen molar-refractivity contribution in [2.45, 2.75) is 37.5 Å². The Bertz CT molecular complexity index is 751. The maximum absolute atomic E-state index is 12.0. The first-order valence-electron chi connectivity index (χ1n) is 9.53. The summed E-state index contributed by atoms with van der Waals surface area (Å²) in [7, 11) is 1.62. The molecule has 0 bridgehead atoms. The van der Waals surface area contributed by atoms with Crippen LogP contribution < -0.4 is 14.9 Å². The molecule has 0 unspecified atom stereocenters. The molecule has 0 aliphatic rings. The molecule has 0 aliphatic heterocycles. The van der Waals surface area contributed by atoms with Crippen LogP contribution in [0.15, 0.2) is 58.5 Å². The number of carbonyl (C=O) groups excluding carboxylic acids is 1. The minimum atomic E-state index is -0.157. The predicted molar refractivity (Wildman–Crippen MR) is 116 cm³/mol. The Labute approximate surface area is 171 Å². The molecule has 6 heteroatoms. The third-order valence-electron chi connectivity index (χ3n) is 3.98. The second-order valence-electron chi connectivity index (χ2n) is 6.21. The normalized spacial score (nSPS) is 10.8. The zero-order valence-corrected chi connectivity index (χ0v) is 17.3. The van der Waals surface area contributed by atoms with Gasteiger partial charge in [-0.15, -0.1) is 11.8 Å². The van der Waals surface area contributed by atoms with Crippen molar-refractivity contribution in [3.8, 4) is 11.5 Å². The summed E-state index contributed by atoms with van der Waals surface area (Å²) >= 11 is 1.47. The van der Waals surface area contributed by atoms with E-state index in [0.29, 0.717) is 18.1 Å². The largest absolute Gasteiger partial charge is 0.497 e. The highest BCUT2D eigenvalue weighted by molar-refractivity contribution is 8.00. The number of thioether (sulfide) groups is 1. The van der Waals surface area contributed by atoms with Crippen LogP contribution in [0.3, 0.4) is 0 Å². The molecule has 1 N–H and O–H groups in total. The summed E-state index contributed by atoms with van der Waals surface area (Å²) in [6.07, 6.45) is 6.18. The molecule has 2 aromatic rings. The molecule has 28 heavy (non-hydrogen) atoms. The van der Waals surface area contributed by atoms with E-state index in [1.165, 1.54) is 24.6 Å². The van der Waals surface area contributed by atoms with Gasteiger partial charge in [0.2, 0.25) is 5.91 Å². The summed E-state index contributed by atoms with van der Waals surface area (Å²) in [4.78, 5) is 13.0. The number of carbonyl (C=O) groups is 1. The highest BCUT2D eigenvalue weighted by atomic mass is 32.2. The summed E-state index contributed by atoms with van der Waals surface area (Å²) in [6, 6.07) is 15.4. The van der Waals surface area contributed by atoms with Crippen molar-refractivity contribution in [2.75, 3.05) is 19.5 Å². The summed E-state index contributed by atoms with van der Waals surface area (Å²) < 4.78 is 11.2. The zero-order chi connectivity index (χ0) is 20.0. The van der Waals surface area contributed by atoms with E-state index in [0.717, 1.165) is 29.1 Å². The van der Waals surface area contributed by atoms with Crippen LogP contribution in [-0.2, 0) is 4.79 Å². The van der Waals surface area contributed by atoms with Gasteiger partial charge in [0.15, 0.2) is 0 Å². The third kappa shape index (κ3) is 8.05. The molecular formula is C22H28N2O3S. The van der Waals surface area contributed by atoms with E-state index in [4.69, 9.17) is 9.47 Å². The Morgan fingerprint density at radius 3 is 2.71 bits per heavy atom. The van der Waals surface area contributed by atoms with E-state index in [1.807, 2.05) is 48.5 Å². The lowest BCUT2D eigenvalue weighted by Gasteiger charge is -2.10.